The maximum Gasteiger partial charge on any atom is 0.305 e. The molecule has 5 nitrogen and oxygen atoms in total. The number of carbonyl (C=O) groups is 2. The van der Waals surface area contributed by atoms with E-state index in [-0.39, 0.29) is 18.7 Å². The fourth-order valence-corrected chi connectivity index (χ4v) is 1.53. The number of hydrogen-bond donors (Lipinski definition) is 2. The molecule has 0 atom stereocenters. The molecule has 0 saturated carbocycles. The average molecular weight is 236 g/mol. The van der Waals surface area contributed by atoms with Gasteiger partial charge in [0.15, 0.2) is 0 Å². The van der Waals surface area contributed by atoms with Crippen LogP contribution < -0.4 is 5.32 Å². The van der Waals surface area contributed by atoms with Crippen LogP contribution in [0.2, 0.25) is 0 Å². The van der Waals surface area contributed by atoms with Gasteiger partial charge in [0, 0.05) is 17.9 Å². The Hall–Kier alpha value is -1.91. The number of nitrogens with zero attached hydrogens (tertiary/aromatic N) is 1. The van der Waals surface area contributed by atoms with Crippen molar-refractivity contribution in [3.05, 3.63) is 30.1 Å². The second-order valence-electron chi connectivity index (χ2n) is 4.53. The molecule has 5 heteroatoms. The summed E-state index contributed by atoms with van der Waals surface area (Å²) >= 11 is 0. The number of aliphatic carboxylic acids is 1. The van der Waals surface area contributed by atoms with E-state index in [9.17, 15) is 9.59 Å². The summed E-state index contributed by atoms with van der Waals surface area (Å²) in [6.07, 6.45) is 3.36. The number of aromatic nitrogens is 1. The van der Waals surface area contributed by atoms with E-state index in [0.717, 1.165) is 5.56 Å². The molecule has 17 heavy (non-hydrogen) atoms. The zero-order valence-electron chi connectivity index (χ0n) is 9.93. The van der Waals surface area contributed by atoms with E-state index >= 15 is 0 Å². The van der Waals surface area contributed by atoms with Crippen molar-refractivity contribution >= 4 is 11.9 Å². The molecular formula is C12H16N2O3. The Balaban J connectivity index is 2.52. The molecule has 1 rings (SSSR count). The number of rotatable bonds is 5. The normalized spacial score (nSPS) is 10.9. The van der Waals surface area contributed by atoms with Crippen LogP contribution in [0.15, 0.2) is 24.5 Å². The Bertz CT molecular complexity index is 401. The summed E-state index contributed by atoms with van der Waals surface area (Å²) in [7, 11) is 0. The van der Waals surface area contributed by atoms with Crippen LogP contribution in [0.1, 0.15) is 25.8 Å². The van der Waals surface area contributed by atoms with Crippen LogP contribution >= 0.6 is 0 Å². The Labute approximate surface area is 99.9 Å². The number of amides is 1. The first-order valence-corrected chi connectivity index (χ1v) is 5.31. The van der Waals surface area contributed by atoms with Gasteiger partial charge in [0.05, 0.1) is 12.8 Å². The van der Waals surface area contributed by atoms with Crippen LogP contribution in [-0.4, -0.2) is 27.5 Å². The van der Waals surface area contributed by atoms with Crippen molar-refractivity contribution in [1.29, 1.82) is 0 Å². The molecule has 0 aliphatic heterocycles. The van der Waals surface area contributed by atoms with Crippen molar-refractivity contribution in [2.75, 3.05) is 0 Å². The summed E-state index contributed by atoms with van der Waals surface area (Å²) in [6.45, 7) is 3.37. The molecule has 0 aromatic carbocycles. The standard InChI is InChI=1S/C12H16N2O3/c1-12(2,8-11(16)17)14-10(15)7-9-3-5-13-6-4-9/h3-6H,7-8H2,1-2H3,(H,14,15)(H,16,17). The summed E-state index contributed by atoms with van der Waals surface area (Å²) < 4.78 is 0. The summed E-state index contributed by atoms with van der Waals surface area (Å²) in [5.41, 5.74) is 0.110. The van der Waals surface area contributed by atoms with Crippen LogP contribution in [0.4, 0.5) is 0 Å². The smallest absolute Gasteiger partial charge is 0.305 e. The molecule has 0 aliphatic carbocycles. The molecule has 0 fully saturated rings. The second kappa shape index (κ2) is 5.43. The van der Waals surface area contributed by atoms with Gasteiger partial charge in [-0.15, -0.1) is 0 Å². The van der Waals surface area contributed by atoms with Gasteiger partial charge in [-0.2, -0.15) is 0 Å². The van der Waals surface area contributed by atoms with E-state index in [4.69, 9.17) is 5.11 Å². The van der Waals surface area contributed by atoms with Gasteiger partial charge in [0.25, 0.3) is 0 Å². The molecule has 0 saturated heterocycles. The van der Waals surface area contributed by atoms with Gasteiger partial charge < -0.3 is 10.4 Å². The van der Waals surface area contributed by atoms with Gasteiger partial charge in [-0.05, 0) is 31.5 Å². The lowest BCUT2D eigenvalue weighted by atomic mass is 10.0. The lowest BCUT2D eigenvalue weighted by Crippen LogP contribution is -2.45. The quantitative estimate of drug-likeness (QED) is 0.799. The van der Waals surface area contributed by atoms with E-state index < -0.39 is 11.5 Å². The minimum absolute atomic E-state index is 0.102. The van der Waals surface area contributed by atoms with Crippen LogP contribution in [0.5, 0.6) is 0 Å². The average Bonchev–Trinajstić information content (AvgIpc) is 2.15. The number of carbonyl (C=O) groups excluding carboxylic acids is 1. The molecular weight excluding hydrogens is 220 g/mol. The molecule has 1 heterocycles. The molecule has 1 amide bonds. The van der Waals surface area contributed by atoms with Crippen LogP contribution in [0, 0.1) is 0 Å². The van der Waals surface area contributed by atoms with Crippen LogP contribution in [-0.2, 0) is 16.0 Å². The minimum Gasteiger partial charge on any atom is -0.481 e. The first-order chi connectivity index (χ1) is 7.89. The van der Waals surface area contributed by atoms with E-state index in [2.05, 4.69) is 10.3 Å². The van der Waals surface area contributed by atoms with Gasteiger partial charge in [-0.25, -0.2) is 0 Å². The SMILES string of the molecule is CC(C)(CC(=O)O)NC(=O)Cc1ccncc1. The van der Waals surface area contributed by atoms with Gasteiger partial charge in [0.1, 0.15) is 0 Å². The summed E-state index contributed by atoms with van der Waals surface area (Å²) in [6, 6.07) is 3.51. The number of hydrogen-bond acceptors (Lipinski definition) is 3. The molecule has 0 unspecified atom stereocenters. The third-order valence-electron chi connectivity index (χ3n) is 2.19. The highest BCUT2D eigenvalue weighted by Crippen LogP contribution is 2.08. The number of carboxylic acids is 1. The summed E-state index contributed by atoms with van der Waals surface area (Å²) in [4.78, 5) is 26.1. The monoisotopic (exact) mass is 236 g/mol. The van der Waals surface area contributed by atoms with Gasteiger partial charge in [-0.1, -0.05) is 0 Å². The van der Waals surface area contributed by atoms with Crippen LogP contribution in [0.25, 0.3) is 0 Å². The van der Waals surface area contributed by atoms with E-state index in [0.29, 0.717) is 0 Å². The molecule has 2 N–H and O–H groups in total. The number of carboxylic acid groups (broad SMARTS) is 1. The van der Waals surface area contributed by atoms with E-state index in [1.165, 1.54) is 0 Å². The highest BCUT2D eigenvalue weighted by molar-refractivity contribution is 5.80. The highest BCUT2D eigenvalue weighted by Gasteiger charge is 2.23. The Kier molecular flexibility index (Phi) is 4.20. The molecule has 0 bridgehead atoms. The largest absolute Gasteiger partial charge is 0.481 e. The molecule has 0 radical (unpaired) electrons. The fraction of sp³-hybridized carbons (Fsp3) is 0.417. The van der Waals surface area contributed by atoms with Gasteiger partial charge in [0.2, 0.25) is 5.91 Å². The minimum atomic E-state index is -0.931. The van der Waals surface area contributed by atoms with E-state index in [1.807, 2.05) is 0 Å². The lowest BCUT2D eigenvalue weighted by molar-refractivity contribution is -0.138. The van der Waals surface area contributed by atoms with Crippen molar-refractivity contribution in [2.45, 2.75) is 32.2 Å². The fourth-order valence-electron chi connectivity index (χ4n) is 1.53. The number of nitrogens with one attached hydrogen (secondary N) is 1. The van der Waals surface area contributed by atoms with Gasteiger partial charge >= 0.3 is 5.97 Å². The van der Waals surface area contributed by atoms with Crippen molar-refractivity contribution in [3.8, 4) is 0 Å². The third kappa shape index (κ3) is 5.10. The maximum atomic E-state index is 11.7. The third-order valence-corrected chi connectivity index (χ3v) is 2.19. The Morgan fingerprint density at radius 1 is 1.35 bits per heavy atom. The predicted octanol–water partition coefficient (Wildman–Crippen LogP) is 0.994. The zero-order chi connectivity index (χ0) is 12.9. The lowest BCUT2D eigenvalue weighted by Gasteiger charge is -2.24. The van der Waals surface area contributed by atoms with E-state index in [1.54, 1.807) is 38.4 Å². The molecule has 0 aliphatic rings. The topological polar surface area (TPSA) is 79.3 Å². The molecule has 92 valence electrons. The Morgan fingerprint density at radius 3 is 2.47 bits per heavy atom. The zero-order valence-corrected chi connectivity index (χ0v) is 9.93. The predicted molar refractivity (Wildman–Crippen MR) is 62.4 cm³/mol. The van der Waals surface area contributed by atoms with Crippen molar-refractivity contribution in [3.63, 3.8) is 0 Å². The van der Waals surface area contributed by atoms with Crippen molar-refractivity contribution in [2.24, 2.45) is 0 Å². The van der Waals surface area contributed by atoms with Gasteiger partial charge in [-0.3, -0.25) is 14.6 Å². The summed E-state index contributed by atoms with van der Waals surface area (Å²) in [5.74, 6) is -1.12. The number of pyridine rings is 1. The molecule has 1 aromatic heterocycles. The van der Waals surface area contributed by atoms with Crippen molar-refractivity contribution < 1.29 is 14.7 Å². The second-order valence-corrected chi connectivity index (χ2v) is 4.53. The first-order valence-electron chi connectivity index (χ1n) is 5.31. The van der Waals surface area contributed by atoms with Crippen molar-refractivity contribution in [1.82, 2.24) is 10.3 Å². The maximum absolute atomic E-state index is 11.7. The first kappa shape index (κ1) is 13.2. The summed E-state index contributed by atoms with van der Waals surface area (Å²) in [5, 5.41) is 11.4. The molecule has 1 aromatic rings. The Morgan fingerprint density at radius 2 is 1.94 bits per heavy atom. The highest BCUT2D eigenvalue weighted by atomic mass is 16.4. The molecule has 0 spiro atoms. The van der Waals surface area contributed by atoms with Crippen LogP contribution in [0.3, 0.4) is 0 Å².